The van der Waals surface area contributed by atoms with Crippen LogP contribution in [0, 0.1) is 6.92 Å². The lowest BCUT2D eigenvalue weighted by Crippen LogP contribution is -2.15. The van der Waals surface area contributed by atoms with Gasteiger partial charge in [-0.3, -0.25) is 4.79 Å². The molecule has 0 fully saturated rings. The lowest BCUT2D eigenvalue weighted by molar-refractivity contribution is -0.115. The van der Waals surface area contributed by atoms with Crippen molar-refractivity contribution in [2.45, 2.75) is 13.3 Å². The fourth-order valence-electron chi connectivity index (χ4n) is 2.76. The zero-order valence-corrected chi connectivity index (χ0v) is 14.6. The summed E-state index contributed by atoms with van der Waals surface area (Å²) in [6.45, 7) is 1.93. The highest BCUT2D eigenvalue weighted by Crippen LogP contribution is 2.26. The van der Waals surface area contributed by atoms with Crippen LogP contribution in [0.3, 0.4) is 0 Å². The van der Waals surface area contributed by atoms with Crippen LogP contribution in [0.5, 0.6) is 0 Å². The average molecular weight is 357 g/mol. The number of H-pyrrole nitrogens is 1. The number of amides is 1. The van der Waals surface area contributed by atoms with Crippen LogP contribution in [0.25, 0.3) is 10.9 Å². The first kappa shape index (κ1) is 17.0. The van der Waals surface area contributed by atoms with Gasteiger partial charge in [0.25, 0.3) is 0 Å². The Morgan fingerprint density at radius 2 is 1.88 bits per heavy atom. The van der Waals surface area contributed by atoms with Crippen LogP contribution in [0.15, 0.2) is 42.5 Å². The van der Waals surface area contributed by atoms with Crippen LogP contribution in [0.2, 0.25) is 5.02 Å². The van der Waals surface area contributed by atoms with Crippen molar-refractivity contribution in [3.63, 3.8) is 0 Å². The van der Waals surface area contributed by atoms with Crippen LogP contribution in [-0.4, -0.2) is 24.0 Å². The summed E-state index contributed by atoms with van der Waals surface area (Å²) < 4.78 is 4.65. The lowest BCUT2D eigenvalue weighted by atomic mass is 10.1. The number of hydrogen-bond donors (Lipinski definition) is 2. The number of benzene rings is 2. The number of carbonyl (C=O) groups excluding carboxylic acids is 2. The Kier molecular flexibility index (Phi) is 4.76. The molecule has 5 nitrogen and oxygen atoms in total. The molecule has 1 amide bonds. The molecule has 0 spiro atoms. The van der Waals surface area contributed by atoms with E-state index in [-0.39, 0.29) is 12.3 Å². The van der Waals surface area contributed by atoms with E-state index < -0.39 is 5.97 Å². The minimum absolute atomic E-state index is 0.144. The second-order valence-electron chi connectivity index (χ2n) is 5.71. The molecule has 0 radical (unpaired) electrons. The van der Waals surface area contributed by atoms with Crippen LogP contribution in [-0.2, 0) is 16.0 Å². The fourth-order valence-corrected chi connectivity index (χ4v) is 2.93. The monoisotopic (exact) mass is 356 g/mol. The maximum absolute atomic E-state index is 12.4. The minimum Gasteiger partial charge on any atom is -0.465 e. The summed E-state index contributed by atoms with van der Waals surface area (Å²) >= 11 is 6.07. The maximum atomic E-state index is 12.4. The minimum atomic E-state index is -0.413. The standard InChI is InChI=1S/C19H17ClN2O3/c1-11-15(16-9-13(20)5-8-17(16)21-11)10-18(23)22-14-6-3-12(4-7-14)19(24)25-2/h3-9,21H,10H2,1-2H3,(H,22,23). The van der Waals surface area contributed by atoms with E-state index in [2.05, 4.69) is 15.0 Å². The molecule has 2 aromatic carbocycles. The van der Waals surface area contributed by atoms with Crippen molar-refractivity contribution in [1.82, 2.24) is 4.98 Å². The number of methoxy groups -OCH3 is 1. The summed E-state index contributed by atoms with van der Waals surface area (Å²) in [6, 6.07) is 12.1. The van der Waals surface area contributed by atoms with Gasteiger partial charge in [0, 0.05) is 27.3 Å². The van der Waals surface area contributed by atoms with Gasteiger partial charge in [0.15, 0.2) is 0 Å². The number of aryl methyl sites for hydroxylation is 1. The molecule has 3 aromatic rings. The van der Waals surface area contributed by atoms with Gasteiger partial charge >= 0.3 is 5.97 Å². The number of fused-ring (bicyclic) bond motifs is 1. The Bertz CT molecular complexity index is 945. The Morgan fingerprint density at radius 1 is 1.16 bits per heavy atom. The third-order valence-corrected chi connectivity index (χ3v) is 4.24. The van der Waals surface area contributed by atoms with E-state index in [1.165, 1.54) is 7.11 Å². The fraction of sp³-hybridized carbons (Fsp3) is 0.158. The molecule has 25 heavy (non-hydrogen) atoms. The molecule has 128 valence electrons. The number of anilines is 1. The molecule has 0 saturated carbocycles. The van der Waals surface area contributed by atoms with E-state index in [9.17, 15) is 9.59 Å². The van der Waals surface area contributed by atoms with E-state index in [0.717, 1.165) is 22.2 Å². The average Bonchev–Trinajstić information content (AvgIpc) is 2.90. The Hall–Kier alpha value is -2.79. The Labute approximate surface area is 149 Å². The molecular formula is C19H17ClN2O3. The summed E-state index contributed by atoms with van der Waals surface area (Å²) in [5, 5.41) is 4.41. The van der Waals surface area contributed by atoms with Crippen molar-refractivity contribution in [1.29, 1.82) is 0 Å². The third-order valence-electron chi connectivity index (χ3n) is 4.01. The van der Waals surface area contributed by atoms with Crippen LogP contribution < -0.4 is 5.32 Å². The van der Waals surface area contributed by atoms with Gasteiger partial charge in [-0.25, -0.2) is 4.79 Å². The number of esters is 1. The molecule has 2 N–H and O–H groups in total. The zero-order valence-electron chi connectivity index (χ0n) is 13.9. The second kappa shape index (κ2) is 6.99. The first-order valence-corrected chi connectivity index (χ1v) is 8.10. The van der Waals surface area contributed by atoms with Crippen LogP contribution in [0.4, 0.5) is 5.69 Å². The van der Waals surface area contributed by atoms with Gasteiger partial charge in [0.05, 0.1) is 19.1 Å². The highest BCUT2D eigenvalue weighted by Gasteiger charge is 2.13. The summed E-state index contributed by atoms with van der Waals surface area (Å²) in [5.74, 6) is -0.557. The molecule has 1 aromatic heterocycles. The smallest absolute Gasteiger partial charge is 0.337 e. The van der Waals surface area contributed by atoms with E-state index in [1.54, 1.807) is 24.3 Å². The first-order valence-electron chi connectivity index (χ1n) is 7.73. The van der Waals surface area contributed by atoms with Crippen LogP contribution >= 0.6 is 11.6 Å². The quantitative estimate of drug-likeness (QED) is 0.691. The number of rotatable bonds is 4. The van der Waals surface area contributed by atoms with Gasteiger partial charge in [0.1, 0.15) is 0 Å². The summed E-state index contributed by atoms with van der Waals surface area (Å²) in [6.07, 6.45) is 0.227. The zero-order chi connectivity index (χ0) is 18.0. The molecule has 0 bridgehead atoms. The lowest BCUT2D eigenvalue weighted by Gasteiger charge is -2.07. The van der Waals surface area contributed by atoms with E-state index in [1.807, 2.05) is 25.1 Å². The van der Waals surface area contributed by atoms with Crippen molar-refractivity contribution in [3.8, 4) is 0 Å². The normalized spacial score (nSPS) is 10.7. The predicted octanol–water partition coefficient (Wildman–Crippen LogP) is 4.10. The van der Waals surface area contributed by atoms with Gasteiger partial charge < -0.3 is 15.0 Å². The van der Waals surface area contributed by atoms with E-state index in [4.69, 9.17) is 11.6 Å². The maximum Gasteiger partial charge on any atom is 0.337 e. The van der Waals surface area contributed by atoms with Gasteiger partial charge in [-0.2, -0.15) is 0 Å². The topological polar surface area (TPSA) is 71.2 Å². The Balaban J connectivity index is 1.76. The molecule has 0 aliphatic rings. The number of aromatic nitrogens is 1. The second-order valence-corrected chi connectivity index (χ2v) is 6.15. The summed E-state index contributed by atoms with van der Waals surface area (Å²) in [7, 11) is 1.33. The SMILES string of the molecule is COC(=O)c1ccc(NC(=O)Cc2c(C)[nH]c3ccc(Cl)cc23)cc1. The molecule has 0 atom stereocenters. The van der Waals surface area contributed by atoms with Gasteiger partial charge in [0.2, 0.25) is 5.91 Å². The number of halogens is 1. The van der Waals surface area contributed by atoms with Gasteiger partial charge in [-0.1, -0.05) is 11.6 Å². The van der Waals surface area contributed by atoms with Crippen molar-refractivity contribution in [2.75, 3.05) is 12.4 Å². The molecule has 1 heterocycles. The first-order chi connectivity index (χ1) is 12.0. The molecule has 0 aliphatic carbocycles. The number of aromatic amines is 1. The predicted molar refractivity (Wildman–Crippen MR) is 98.2 cm³/mol. The van der Waals surface area contributed by atoms with E-state index >= 15 is 0 Å². The van der Waals surface area contributed by atoms with Crippen molar-refractivity contribution < 1.29 is 14.3 Å². The summed E-state index contributed by atoms with van der Waals surface area (Å²) in [4.78, 5) is 27.1. The van der Waals surface area contributed by atoms with Crippen LogP contribution in [0.1, 0.15) is 21.6 Å². The van der Waals surface area contributed by atoms with Crippen molar-refractivity contribution in [3.05, 3.63) is 64.3 Å². The summed E-state index contributed by atoms with van der Waals surface area (Å²) in [5.41, 5.74) is 3.86. The van der Waals surface area contributed by atoms with Gasteiger partial charge in [-0.15, -0.1) is 0 Å². The molecule has 6 heteroatoms. The number of ether oxygens (including phenoxy) is 1. The number of hydrogen-bond acceptors (Lipinski definition) is 3. The molecule has 0 unspecified atom stereocenters. The highest BCUT2D eigenvalue weighted by molar-refractivity contribution is 6.31. The largest absolute Gasteiger partial charge is 0.465 e. The molecule has 0 aliphatic heterocycles. The molecule has 0 saturated heterocycles. The van der Waals surface area contributed by atoms with E-state index in [0.29, 0.717) is 16.3 Å². The van der Waals surface area contributed by atoms with Crippen molar-refractivity contribution >= 4 is 40.1 Å². The third kappa shape index (κ3) is 3.67. The number of nitrogens with one attached hydrogen (secondary N) is 2. The molecule has 3 rings (SSSR count). The van der Waals surface area contributed by atoms with Crippen molar-refractivity contribution in [2.24, 2.45) is 0 Å². The Morgan fingerprint density at radius 3 is 2.56 bits per heavy atom. The number of carbonyl (C=O) groups is 2. The van der Waals surface area contributed by atoms with Gasteiger partial charge in [-0.05, 0) is 55.0 Å². The molecular weight excluding hydrogens is 340 g/mol. The highest BCUT2D eigenvalue weighted by atomic mass is 35.5.